The van der Waals surface area contributed by atoms with Gasteiger partial charge in [-0.05, 0) is 38.5 Å². The van der Waals surface area contributed by atoms with Crippen molar-refractivity contribution in [3.05, 3.63) is 70.5 Å². The number of pyridine rings is 1. The molecule has 0 fully saturated rings. The van der Waals surface area contributed by atoms with E-state index in [0.717, 1.165) is 17.0 Å². The summed E-state index contributed by atoms with van der Waals surface area (Å²) in [4.78, 5) is 56.8. The predicted octanol–water partition coefficient (Wildman–Crippen LogP) is 4.63. The summed E-state index contributed by atoms with van der Waals surface area (Å²) in [7, 11) is -5.04. The number of benzene rings is 1. The Morgan fingerprint density at radius 2 is 1.70 bits per heavy atom. The predicted molar refractivity (Wildman–Crippen MR) is 153 cm³/mol. The first-order chi connectivity index (χ1) is 21.2. The fraction of sp³-hybridized carbons (Fsp3) is 0.310. The number of Topliss-reactive ketones (excluding diaryl/α,β-unsaturated/α-hetero) is 1. The van der Waals surface area contributed by atoms with E-state index in [1.807, 2.05) is 0 Å². The molecule has 4 N–H and O–H groups in total. The number of aliphatic hydroxyl groups excluding tert-OH is 1. The van der Waals surface area contributed by atoms with Crippen molar-refractivity contribution in [2.24, 2.45) is 0 Å². The minimum absolute atomic E-state index is 0.0507. The van der Waals surface area contributed by atoms with Crippen molar-refractivity contribution in [3.8, 4) is 11.1 Å². The van der Waals surface area contributed by atoms with Crippen LogP contribution in [0.3, 0.4) is 0 Å². The minimum Gasteiger partial charge on any atom is -0.502 e. The highest BCUT2D eigenvalue weighted by Crippen LogP contribution is 2.49. The maximum absolute atomic E-state index is 14.1. The van der Waals surface area contributed by atoms with Crippen molar-refractivity contribution in [2.45, 2.75) is 50.5 Å². The Bertz CT molecular complexity index is 1950. The number of nitrogens with zero attached hydrogens (tertiary/aromatic N) is 2. The number of rotatable bonds is 8. The lowest BCUT2D eigenvalue weighted by Crippen LogP contribution is -2.54. The second-order valence-electron chi connectivity index (χ2n) is 11.3. The topological polar surface area (TPSA) is 179 Å². The lowest BCUT2D eigenvalue weighted by molar-refractivity contribution is -0.585. The molecule has 0 saturated carbocycles. The number of alkyl halides is 4. The van der Waals surface area contributed by atoms with Crippen molar-refractivity contribution in [1.82, 2.24) is 0 Å². The molecule has 1 aliphatic carbocycles. The van der Waals surface area contributed by atoms with Crippen molar-refractivity contribution in [3.63, 3.8) is 0 Å². The normalized spacial score (nSPS) is 18.7. The van der Waals surface area contributed by atoms with Gasteiger partial charge in [-0.1, -0.05) is 0 Å². The molecular formula is C29H26F4N2O10P+. The molecule has 12 nitrogen and oxygen atoms in total. The van der Waals surface area contributed by atoms with E-state index in [4.69, 9.17) is 14.0 Å². The third-order valence-corrected chi connectivity index (χ3v) is 8.11. The second kappa shape index (κ2) is 11.1. The van der Waals surface area contributed by atoms with Gasteiger partial charge in [-0.25, -0.2) is 9.36 Å². The molecule has 244 valence electrons. The van der Waals surface area contributed by atoms with E-state index in [1.54, 1.807) is 18.7 Å². The molecule has 0 spiro atoms. The number of aliphatic carboxylic acids is 1. The number of phosphoric ester groups is 1. The summed E-state index contributed by atoms with van der Waals surface area (Å²) in [5, 5.41) is 19.3. The average molecular weight is 669 g/mol. The van der Waals surface area contributed by atoms with Crippen molar-refractivity contribution >= 4 is 47.7 Å². The number of carbonyl (C=O) groups is 2. The first-order valence-electron chi connectivity index (χ1n) is 13.6. The molecule has 0 unspecified atom stereocenters. The summed E-state index contributed by atoms with van der Waals surface area (Å²) in [6.07, 6.45) is 2.52. The van der Waals surface area contributed by atoms with E-state index in [-0.39, 0.29) is 52.8 Å². The van der Waals surface area contributed by atoms with Crippen LogP contribution in [0, 0.1) is 0 Å². The van der Waals surface area contributed by atoms with Crippen molar-refractivity contribution in [1.29, 1.82) is 0 Å². The van der Waals surface area contributed by atoms with Gasteiger partial charge < -0.3 is 24.1 Å². The maximum atomic E-state index is 14.1. The van der Waals surface area contributed by atoms with Crippen LogP contribution in [0.5, 0.6) is 0 Å². The van der Waals surface area contributed by atoms with Gasteiger partial charge in [0.15, 0.2) is 12.4 Å². The van der Waals surface area contributed by atoms with Crippen LogP contribution in [0.1, 0.15) is 38.7 Å². The number of hydrogen-bond acceptors (Lipinski definition) is 8. The number of carboxylic acids is 1. The zero-order valence-corrected chi connectivity index (χ0v) is 24.9. The lowest BCUT2D eigenvalue weighted by Gasteiger charge is -2.43. The maximum Gasteiger partial charge on any atom is 0.524 e. The summed E-state index contributed by atoms with van der Waals surface area (Å²) in [6.45, 7) is 3.65. The second-order valence-corrected chi connectivity index (χ2v) is 12.4. The molecule has 2 aromatic heterocycles. The molecule has 0 amide bonds. The molecular weight excluding hydrogens is 643 g/mol. The Balaban J connectivity index is 1.58. The monoisotopic (exact) mass is 669 g/mol. The highest BCUT2D eigenvalue weighted by molar-refractivity contribution is 7.46. The van der Waals surface area contributed by atoms with Crippen LogP contribution in [-0.4, -0.2) is 55.7 Å². The number of ketones is 1. The van der Waals surface area contributed by atoms with E-state index in [9.17, 15) is 51.4 Å². The number of aliphatic hydroxyl groups is 1. The molecule has 5 rings (SSSR count). The minimum atomic E-state index is -5.13. The third-order valence-electron chi connectivity index (χ3n) is 7.67. The fourth-order valence-electron chi connectivity index (χ4n) is 5.42. The number of fused-ring (bicyclic) bond motifs is 2. The smallest absolute Gasteiger partial charge is 0.502 e. The molecule has 2 aliphatic rings. The number of hydrogen-bond donors (Lipinski definition) is 4. The van der Waals surface area contributed by atoms with Crippen LogP contribution in [0.25, 0.3) is 33.6 Å². The van der Waals surface area contributed by atoms with Crippen LogP contribution < -0.4 is 15.1 Å². The molecule has 46 heavy (non-hydrogen) atoms. The molecule has 0 bridgehead atoms. The fourth-order valence-corrected chi connectivity index (χ4v) is 5.82. The molecule has 0 atom stereocenters. The largest absolute Gasteiger partial charge is 0.524 e. The van der Waals surface area contributed by atoms with Crippen LogP contribution in [0.2, 0.25) is 0 Å². The van der Waals surface area contributed by atoms with Gasteiger partial charge in [0, 0.05) is 47.7 Å². The summed E-state index contributed by atoms with van der Waals surface area (Å²) in [6, 6.07) is 6.78. The Labute approximate surface area is 256 Å². The number of phosphoric acid groups is 1. The van der Waals surface area contributed by atoms with Gasteiger partial charge in [0.2, 0.25) is 17.2 Å². The number of carbonyl (C=O) groups excluding carboxylic acids is 1. The lowest BCUT2D eigenvalue weighted by atomic mass is 9.91. The van der Waals surface area contributed by atoms with Crippen molar-refractivity contribution in [2.75, 3.05) is 11.4 Å². The van der Waals surface area contributed by atoms with Crippen LogP contribution in [-0.2, 0) is 18.7 Å². The van der Waals surface area contributed by atoms with Gasteiger partial charge in [-0.2, -0.15) is 22.1 Å². The third kappa shape index (κ3) is 5.79. The standard InChI is InChI=1S/C29H25F4N2O10P/c1-27(2)14-22(45-46(41,42)43)18-11-16-10-17(26(40)44-21(16)12-19(18)35(27)7-3-4-24(37)38)15-5-8-34(9-6-15)20-13-23(36)28(30,31)29(32,33)25(20)39/h5-6,8-12,14H,3-4,7,13H2,1-2H3,(H3-,37,38,39,41,42,43)/p+1. The van der Waals surface area contributed by atoms with E-state index in [0.29, 0.717) is 5.69 Å². The highest BCUT2D eigenvalue weighted by atomic mass is 31.2. The van der Waals surface area contributed by atoms with Gasteiger partial charge >= 0.3 is 31.3 Å². The number of carboxylic acid groups (broad SMARTS) is 1. The van der Waals surface area contributed by atoms with Crippen LogP contribution in [0.4, 0.5) is 23.2 Å². The summed E-state index contributed by atoms with van der Waals surface area (Å²) in [5.41, 5.74) is -1.80. The van der Waals surface area contributed by atoms with Crippen LogP contribution in [0.15, 0.2) is 63.8 Å². The van der Waals surface area contributed by atoms with Gasteiger partial charge in [0.25, 0.3) is 0 Å². The summed E-state index contributed by atoms with van der Waals surface area (Å²) >= 11 is 0. The van der Waals surface area contributed by atoms with Crippen molar-refractivity contribution < 1.29 is 65.2 Å². The van der Waals surface area contributed by atoms with Gasteiger partial charge in [-0.15, -0.1) is 0 Å². The SMILES string of the molecule is CC1(C)C=C(OP(=O)(O)O)c2cc3cc(-c4cc[n+](C5=C(O)C(F)(F)C(F)(F)C(=O)C5)cc4)c(=O)oc3cc2N1CCCC(=O)O. The number of allylic oxidation sites excluding steroid dienone is 2. The first-order valence-corrected chi connectivity index (χ1v) is 15.1. The molecule has 0 saturated heterocycles. The molecule has 1 aliphatic heterocycles. The zero-order valence-electron chi connectivity index (χ0n) is 24.0. The molecule has 1 aromatic carbocycles. The van der Waals surface area contributed by atoms with E-state index in [2.05, 4.69) is 0 Å². The molecule has 3 aromatic rings. The Kier molecular flexibility index (Phi) is 7.91. The first kappa shape index (κ1) is 32.9. The molecule has 0 radical (unpaired) electrons. The Morgan fingerprint density at radius 1 is 1.07 bits per heavy atom. The summed E-state index contributed by atoms with van der Waals surface area (Å²) < 4.78 is 78.8. The highest BCUT2D eigenvalue weighted by Gasteiger charge is 2.69. The molecule has 17 heteroatoms. The Morgan fingerprint density at radius 3 is 2.30 bits per heavy atom. The number of halogens is 4. The number of anilines is 1. The van der Waals surface area contributed by atoms with E-state index in [1.165, 1.54) is 36.4 Å². The quantitative estimate of drug-likeness (QED) is 0.114. The van der Waals surface area contributed by atoms with E-state index >= 15 is 0 Å². The van der Waals surface area contributed by atoms with Gasteiger partial charge in [-0.3, -0.25) is 19.4 Å². The molecule has 3 heterocycles. The average Bonchev–Trinajstić information content (AvgIpc) is 2.94. The van der Waals surface area contributed by atoms with Crippen LogP contribution >= 0.6 is 7.82 Å². The van der Waals surface area contributed by atoms with E-state index < -0.39 is 60.5 Å². The van der Waals surface area contributed by atoms with Gasteiger partial charge in [0.05, 0.1) is 16.8 Å². The zero-order chi connectivity index (χ0) is 34.0. The Hall–Kier alpha value is -4.53. The van der Waals surface area contributed by atoms with Gasteiger partial charge in [0.1, 0.15) is 17.8 Å². The number of aromatic nitrogens is 1. The summed E-state index contributed by atoms with van der Waals surface area (Å²) in [5.74, 6) is -15.4.